The first kappa shape index (κ1) is 16.7. The average molecular weight is 331 g/mol. The molecule has 2 aromatic rings. The summed E-state index contributed by atoms with van der Waals surface area (Å²) in [5.41, 5.74) is 2.96. The van der Waals surface area contributed by atoms with E-state index in [1.807, 2.05) is 0 Å². The van der Waals surface area contributed by atoms with Crippen LogP contribution in [0.5, 0.6) is 11.5 Å². The number of nitrogens with one attached hydrogen (secondary N) is 1. The molecule has 0 heterocycles. The number of nitrogens with zero attached hydrogens (tertiary/aromatic N) is 2. The van der Waals surface area contributed by atoms with Crippen LogP contribution in [-0.4, -0.2) is 34.4 Å². The summed E-state index contributed by atoms with van der Waals surface area (Å²) >= 11 is 0. The number of nitro benzene ring substituents is 1. The molecule has 0 amide bonds. The summed E-state index contributed by atoms with van der Waals surface area (Å²) in [4.78, 5) is 21.1. The van der Waals surface area contributed by atoms with Crippen molar-refractivity contribution in [3.05, 3.63) is 57.6 Å². The lowest BCUT2D eigenvalue weighted by Gasteiger charge is -2.05. The first-order chi connectivity index (χ1) is 11.4. The zero-order valence-corrected chi connectivity index (χ0v) is 12.5. The first-order valence-electron chi connectivity index (χ1n) is 6.60. The van der Waals surface area contributed by atoms with Crippen molar-refractivity contribution < 1.29 is 24.7 Å². The van der Waals surface area contributed by atoms with Crippen molar-refractivity contribution in [3.8, 4) is 11.5 Å². The van der Waals surface area contributed by atoms with E-state index in [9.17, 15) is 20.0 Å². The number of nitro groups is 1. The Labute approximate surface area is 136 Å². The van der Waals surface area contributed by atoms with Crippen molar-refractivity contribution in [3.63, 3.8) is 0 Å². The Bertz CT molecular complexity index is 819. The van der Waals surface area contributed by atoms with Crippen LogP contribution >= 0.6 is 0 Å². The van der Waals surface area contributed by atoms with Crippen LogP contribution in [0.1, 0.15) is 15.9 Å². The number of hydrogen-bond donors (Lipinski definition) is 3. The van der Waals surface area contributed by atoms with Crippen molar-refractivity contribution in [2.75, 3.05) is 12.5 Å². The fourth-order valence-electron chi connectivity index (χ4n) is 1.89. The zero-order chi connectivity index (χ0) is 17.7. The summed E-state index contributed by atoms with van der Waals surface area (Å²) < 4.78 is 4.88. The largest absolute Gasteiger partial charge is 0.500 e. The molecule has 2 rings (SSSR count). The van der Waals surface area contributed by atoms with Gasteiger partial charge in [0.25, 0.3) is 0 Å². The molecule has 0 bridgehead atoms. The second-order valence-corrected chi connectivity index (χ2v) is 4.60. The van der Waals surface area contributed by atoms with E-state index in [-0.39, 0.29) is 11.3 Å². The van der Waals surface area contributed by atoms with Crippen LogP contribution in [0.3, 0.4) is 0 Å². The molecule has 0 saturated heterocycles. The molecular formula is C15H13N3O6. The van der Waals surface area contributed by atoms with Gasteiger partial charge < -0.3 is 14.9 Å². The molecule has 0 saturated carbocycles. The molecule has 3 N–H and O–H groups in total. The summed E-state index contributed by atoms with van der Waals surface area (Å²) in [6, 6.07) is 8.50. The number of aromatic carboxylic acids is 1. The van der Waals surface area contributed by atoms with Gasteiger partial charge in [-0.05, 0) is 24.3 Å². The van der Waals surface area contributed by atoms with Gasteiger partial charge in [-0.15, -0.1) is 0 Å². The molecule has 0 aliphatic carbocycles. The van der Waals surface area contributed by atoms with Crippen molar-refractivity contribution in [2.45, 2.75) is 0 Å². The number of phenols is 1. The summed E-state index contributed by atoms with van der Waals surface area (Å²) in [6.45, 7) is 0. The van der Waals surface area contributed by atoms with Gasteiger partial charge in [0.05, 0.1) is 29.5 Å². The van der Waals surface area contributed by atoms with Crippen molar-refractivity contribution >= 4 is 23.6 Å². The van der Waals surface area contributed by atoms with Crippen LogP contribution in [0, 0.1) is 10.1 Å². The van der Waals surface area contributed by atoms with E-state index in [2.05, 4.69) is 10.5 Å². The third kappa shape index (κ3) is 3.77. The maximum absolute atomic E-state index is 10.9. The molecule has 0 atom stereocenters. The first-order valence-corrected chi connectivity index (χ1v) is 6.60. The van der Waals surface area contributed by atoms with E-state index >= 15 is 0 Å². The van der Waals surface area contributed by atoms with Gasteiger partial charge >= 0.3 is 11.7 Å². The smallest absolute Gasteiger partial charge is 0.335 e. The number of benzene rings is 2. The van der Waals surface area contributed by atoms with Crippen molar-refractivity contribution in [1.82, 2.24) is 0 Å². The summed E-state index contributed by atoms with van der Waals surface area (Å²) in [5.74, 6) is -1.69. The average Bonchev–Trinajstić information content (AvgIpc) is 2.56. The van der Waals surface area contributed by atoms with Crippen LogP contribution in [0.15, 0.2) is 41.5 Å². The highest BCUT2D eigenvalue weighted by atomic mass is 16.6. The third-order valence-corrected chi connectivity index (χ3v) is 3.01. The number of anilines is 1. The molecule has 0 unspecified atom stereocenters. The number of hydrazone groups is 1. The maximum atomic E-state index is 10.9. The number of phenolic OH excluding ortho intramolecular Hbond substituents is 1. The number of carboxylic acid groups (broad SMARTS) is 1. The fourth-order valence-corrected chi connectivity index (χ4v) is 1.89. The standard InChI is InChI=1S/C15H13N3O6/c1-24-13-6-9(5-12(14(13)19)18(22)23)8-16-17-11-4-2-3-10(7-11)15(20)21/h2-8,17,19H,1H3,(H,20,21)/b16-8+. The van der Waals surface area contributed by atoms with E-state index in [1.54, 1.807) is 12.1 Å². The number of hydrogen-bond acceptors (Lipinski definition) is 7. The Balaban J connectivity index is 2.23. The minimum Gasteiger partial charge on any atom is -0.500 e. The van der Waals surface area contributed by atoms with Gasteiger partial charge in [-0.1, -0.05) is 6.07 Å². The van der Waals surface area contributed by atoms with Gasteiger partial charge in [-0.25, -0.2) is 4.79 Å². The lowest BCUT2D eigenvalue weighted by Crippen LogP contribution is -1.98. The van der Waals surface area contributed by atoms with Gasteiger partial charge in [0.2, 0.25) is 5.75 Å². The Kier molecular flexibility index (Phi) is 4.95. The highest BCUT2D eigenvalue weighted by Gasteiger charge is 2.19. The topological polar surface area (TPSA) is 134 Å². The quantitative estimate of drug-likeness (QED) is 0.420. The molecule has 124 valence electrons. The van der Waals surface area contributed by atoms with Crippen LogP contribution < -0.4 is 10.2 Å². The maximum Gasteiger partial charge on any atom is 0.335 e. The number of carbonyl (C=O) groups is 1. The number of methoxy groups -OCH3 is 1. The molecule has 24 heavy (non-hydrogen) atoms. The Morgan fingerprint density at radius 1 is 1.38 bits per heavy atom. The van der Waals surface area contributed by atoms with Gasteiger partial charge in [-0.2, -0.15) is 5.10 Å². The minimum atomic E-state index is -1.07. The Hall–Kier alpha value is -3.62. The van der Waals surface area contributed by atoms with Crippen LogP contribution in [-0.2, 0) is 0 Å². The van der Waals surface area contributed by atoms with E-state index in [1.165, 1.54) is 31.5 Å². The van der Waals surface area contributed by atoms with E-state index in [4.69, 9.17) is 9.84 Å². The van der Waals surface area contributed by atoms with Crippen LogP contribution in [0.4, 0.5) is 11.4 Å². The summed E-state index contributed by atoms with van der Waals surface area (Å²) in [5, 5.41) is 33.4. The Morgan fingerprint density at radius 2 is 2.12 bits per heavy atom. The van der Waals surface area contributed by atoms with Gasteiger partial charge in [0.1, 0.15) is 0 Å². The number of ether oxygens (including phenoxy) is 1. The molecule has 9 heteroatoms. The Morgan fingerprint density at radius 3 is 2.75 bits per heavy atom. The van der Waals surface area contributed by atoms with Crippen molar-refractivity contribution in [1.29, 1.82) is 0 Å². The second kappa shape index (κ2) is 7.09. The normalized spacial score (nSPS) is 10.5. The van der Waals surface area contributed by atoms with E-state index in [0.29, 0.717) is 11.3 Å². The SMILES string of the molecule is COc1cc(/C=N/Nc2cccc(C(=O)O)c2)cc([N+](=O)[O-])c1O. The van der Waals surface area contributed by atoms with E-state index in [0.717, 1.165) is 6.07 Å². The number of rotatable bonds is 6. The van der Waals surface area contributed by atoms with Crippen LogP contribution in [0.25, 0.3) is 0 Å². The summed E-state index contributed by atoms with van der Waals surface area (Å²) in [6.07, 6.45) is 1.28. The predicted molar refractivity (Wildman–Crippen MR) is 85.9 cm³/mol. The molecule has 9 nitrogen and oxygen atoms in total. The summed E-state index contributed by atoms with van der Waals surface area (Å²) in [7, 11) is 1.27. The van der Waals surface area contributed by atoms with Gasteiger partial charge in [-0.3, -0.25) is 15.5 Å². The molecular weight excluding hydrogens is 318 g/mol. The minimum absolute atomic E-state index is 0.0569. The molecule has 2 aromatic carbocycles. The molecule has 0 radical (unpaired) electrons. The molecule has 0 aliphatic heterocycles. The van der Waals surface area contributed by atoms with Crippen LogP contribution in [0.2, 0.25) is 0 Å². The highest BCUT2D eigenvalue weighted by molar-refractivity contribution is 5.89. The lowest BCUT2D eigenvalue weighted by atomic mass is 10.2. The van der Waals surface area contributed by atoms with Gasteiger partial charge in [0.15, 0.2) is 5.75 Å². The number of aromatic hydroxyl groups is 1. The number of carboxylic acids is 1. The third-order valence-electron chi connectivity index (χ3n) is 3.01. The molecule has 0 aliphatic rings. The monoisotopic (exact) mass is 331 g/mol. The van der Waals surface area contributed by atoms with E-state index < -0.39 is 22.3 Å². The lowest BCUT2D eigenvalue weighted by molar-refractivity contribution is -0.386. The predicted octanol–water partition coefficient (Wildman–Crippen LogP) is 2.45. The molecule has 0 spiro atoms. The molecule has 0 aromatic heterocycles. The molecule has 0 fully saturated rings. The van der Waals surface area contributed by atoms with Crippen molar-refractivity contribution in [2.24, 2.45) is 5.10 Å². The highest BCUT2D eigenvalue weighted by Crippen LogP contribution is 2.36. The second-order valence-electron chi connectivity index (χ2n) is 4.60. The van der Waals surface area contributed by atoms with Gasteiger partial charge in [0, 0.05) is 11.6 Å². The zero-order valence-electron chi connectivity index (χ0n) is 12.5. The fraction of sp³-hybridized carbons (Fsp3) is 0.0667.